The van der Waals surface area contributed by atoms with Crippen LogP contribution in [0, 0.1) is 0 Å². The first-order valence-electron chi connectivity index (χ1n) is 12.5. The van der Waals surface area contributed by atoms with Crippen LogP contribution in [0.5, 0.6) is 11.5 Å². The van der Waals surface area contributed by atoms with E-state index in [9.17, 15) is 14.7 Å². The lowest BCUT2D eigenvalue weighted by atomic mass is 9.94. The minimum Gasteiger partial charge on any atom is -0.503 e. The van der Waals surface area contributed by atoms with Crippen molar-refractivity contribution >= 4 is 22.7 Å². The summed E-state index contributed by atoms with van der Waals surface area (Å²) < 4.78 is 17.1. The third kappa shape index (κ3) is 4.72. The molecule has 1 N–H and O–H groups in total. The fraction of sp³-hybridized carbons (Fsp3) is 0.233. The molecule has 1 aliphatic heterocycles. The number of nitrogens with zero attached hydrogens (tertiary/aromatic N) is 2. The number of aliphatic hydroxyl groups excluding tert-OH is 1. The summed E-state index contributed by atoms with van der Waals surface area (Å²) in [6, 6.07) is 16.9. The zero-order chi connectivity index (χ0) is 26.6. The first-order valence-corrected chi connectivity index (χ1v) is 12.5. The monoisotopic (exact) mass is 512 g/mol. The Morgan fingerprint density at radius 3 is 2.74 bits per heavy atom. The predicted molar refractivity (Wildman–Crippen MR) is 141 cm³/mol. The molecule has 0 aliphatic carbocycles. The molecule has 2 aromatic carbocycles. The van der Waals surface area contributed by atoms with Crippen LogP contribution in [0.25, 0.3) is 11.0 Å². The van der Waals surface area contributed by atoms with Crippen LogP contribution in [0.3, 0.4) is 0 Å². The van der Waals surface area contributed by atoms with Crippen LogP contribution < -0.4 is 9.47 Å². The molecule has 1 aliphatic rings. The largest absolute Gasteiger partial charge is 0.503 e. The highest BCUT2D eigenvalue weighted by atomic mass is 16.5. The molecule has 0 saturated heterocycles. The lowest BCUT2D eigenvalue weighted by Gasteiger charge is -2.27. The standard InChI is InChI=1S/C30H28N2O6/c1-3-4-14-37-22-11-5-9-20(15-22)26-25(28(34)30(35)32(26)18-19-8-7-13-31-17-19)27(33)24-16-21-10-6-12-23(36-2)29(21)38-24/h5-13,15-17,26,34H,3-4,14,18H2,1-2H3. The zero-order valence-corrected chi connectivity index (χ0v) is 21.2. The van der Waals surface area contributed by atoms with Crippen LogP contribution in [0.2, 0.25) is 0 Å². The maximum absolute atomic E-state index is 13.9. The molecule has 38 heavy (non-hydrogen) atoms. The van der Waals surface area contributed by atoms with E-state index in [1.54, 1.807) is 48.8 Å². The van der Waals surface area contributed by atoms with E-state index in [2.05, 4.69) is 11.9 Å². The van der Waals surface area contributed by atoms with Gasteiger partial charge < -0.3 is 23.9 Å². The molecule has 0 fully saturated rings. The zero-order valence-electron chi connectivity index (χ0n) is 21.2. The molecule has 0 bridgehead atoms. The summed E-state index contributed by atoms with van der Waals surface area (Å²) in [7, 11) is 1.52. The number of ketones is 1. The number of Topliss-reactive ketones (excluding diaryl/α,β-unsaturated/α-hetero) is 1. The molecule has 8 nitrogen and oxygen atoms in total. The number of para-hydroxylation sites is 1. The van der Waals surface area contributed by atoms with Gasteiger partial charge in [-0.3, -0.25) is 14.6 Å². The maximum Gasteiger partial charge on any atom is 0.290 e. The third-order valence-electron chi connectivity index (χ3n) is 6.52. The lowest BCUT2D eigenvalue weighted by molar-refractivity contribution is -0.130. The molecule has 1 unspecified atom stereocenters. The fourth-order valence-corrected chi connectivity index (χ4v) is 4.63. The number of pyridine rings is 1. The summed E-state index contributed by atoms with van der Waals surface area (Å²) in [5.74, 6) is -0.723. The number of unbranched alkanes of at least 4 members (excludes halogenated alkanes) is 1. The average Bonchev–Trinajstić information content (AvgIpc) is 3.49. The smallest absolute Gasteiger partial charge is 0.290 e. The minimum atomic E-state index is -0.861. The van der Waals surface area contributed by atoms with Crippen molar-refractivity contribution in [3.8, 4) is 11.5 Å². The van der Waals surface area contributed by atoms with Gasteiger partial charge in [0.15, 0.2) is 22.9 Å². The van der Waals surface area contributed by atoms with Crippen LogP contribution in [0.4, 0.5) is 0 Å². The quantitative estimate of drug-likeness (QED) is 0.212. The van der Waals surface area contributed by atoms with E-state index in [-0.39, 0.29) is 17.9 Å². The van der Waals surface area contributed by atoms with Gasteiger partial charge in [-0.25, -0.2) is 0 Å². The number of hydrogen-bond donors (Lipinski definition) is 1. The molecule has 0 radical (unpaired) electrons. The maximum atomic E-state index is 13.9. The van der Waals surface area contributed by atoms with Gasteiger partial charge in [-0.1, -0.05) is 43.7 Å². The van der Waals surface area contributed by atoms with Crippen molar-refractivity contribution < 1.29 is 28.6 Å². The molecule has 1 atom stereocenters. The van der Waals surface area contributed by atoms with E-state index in [0.29, 0.717) is 34.6 Å². The number of carbonyl (C=O) groups is 2. The van der Waals surface area contributed by atoms with Gasteiger partial charge in [-0.05, 0) is 47.9 Å². The van der Waals surface area contributed by atoms with Crippen LogP contribution in [-0.2, 0) is 11.3 Å². The van der Waals surface area contributed by atoms with Crippen molar-refractivity contribution in [2.75, 3.05) is 13.7 Å². The number of benzene rings is 2. The number of aliphatic hydroxyl groups is 1. The number of aromatic nitrogens is 1. The summed E-state index contributed by atoms with van der Waals surface area (Å²) in [5.41, 5.74) is 1.76. The molecule has 1 amide bonds. The van der Waals surface area contributed by atoms with Gasteiger partial charge >= 0.3 is 0 Å². The number of rotatable bonds is 10. The second-order valence-electron chi connectivity index (χ2n) is 9.05. The Bertz CT molecular complexity index is 1510. The Balaban J connectivity index is 1.57. The van der Waals surface area contributed by atoms with Gasteiger partial charge in [0.25, 0.3) is 5.91 Å². The number of ether oxygens (including phenoxy) is 2. The molecule has 3 heterocycles. The Morgan fingerprint density at radius 2 is 1.97 bits per heavy atom. The summed E-state index contributed by atoms with van der Waals surface area (Å²) in [6.45, 7) is 2.78. The number of hydrogen-bond acceptors (Lipinski definition) is 7. The average molecular weight is 513 g/mol. The normalized spacial score (nSPS) is 15.4. The van der Waals surface area contributed by atoms with Crippen molar-refractivity contribution in [3.05, 3.63) is 101 Å². The van der Waals surface area contributed by atoms with E-state index in [0.717, 1.165) is 18.4 Å². The summed E-state index contributed by atoms with van der Waals surface area (Å²) in [6.07, 6.45) is 5.19. The van der Waals surface area contributed by atoms with Crippen LogP contribution in [0.15, 0.2) is 88.8 Å². The van der Waals surface area contributed by atoms with Crippen molar-refractivity contribution in [2.45, 2.75) is 32.4 Å². The molecule has 2 aromatic heterocycles. The van der Waals surface area contributed by atoms with Crippen molar-refractivity contribution in [1.82, 2.24) is 9.88 Å². The Hall–Kier alpha value is -4.59. The van der Waals surface area contributed by atoms with Gasteiger partial charge in [-0.2, -0.15) is 0 Å². The van der Waals surface area contributed by atoms with Crippen molar-refractivity contribution in [3.63, 3.8) is 0 Å². The van der Waals surface area contributed by atoms with Crippen molar-refractivity contribution in [2.24, 2.45) is 0 Å². The SMILES string of the molecule is CCCCOc1cccc(C2C(C(=O)c3cc4cccc(OC)c4o3)=C(O)C(=O)N2Cc2cccnc2)c1. The van der Waals surface area contributed by atoms with Crippen molar-refractivity contribution in [1.29, 1.82) is 0 Å². The number of furan rings is 1. The number of fused-ring (bicyclic) bond motifs is 1. The van der Waals surface area contributed by atoms with E-state index < -0.39 is 23.5 Å². The minimum absolute atomic E-state index is 0.00225. The number of methoxy groups -OCH3 is 1. The van der Waals surface area contributed by atoms with E-state index >= 15 is 0 Å². The molecule has 4 aromatic rings. The summed E-state index contributed by atoms with van der Waals surface area (Å²) in [5, 5.41) is 11.7. The Labute approximate surface area is 220 Å². The van der Waals surface area contributed by atoms with E-state index in [4.69, 9.17) is 13.9 Å². The number of amides is 1. The predicted octanol–water partition coefficient (Wildman–Crippen LogP) is 5.79. The van der Waals surface area contributed by atoms with Gasteiger partial charge in [0.05, 0.1) is 25.3 Å². The first kappa shape index (κ1) is 25.1. The molecule has 5 rings (SSSR count). The molecular formula is C30H28N2O6. The Morgan fingerprint density at radius 1 is 1.13 bits per heavy atom. The topological polar surface area (TPSA) is 102 Å². The molecule has 0 saturated carbocycles. The molecule has 194 valence electrons. The Kier molecular flexibility index (Phi) is 7.13. The molecular weight excluding hydrogens is 484 g/mol. The van der Waals surface area contributed by atoms with Gasteiger partial charge in [-0.15, -0.1) is 0 Å². The van der Waals surface area contributed by atoms with Crippen LogP contribution >= 0.6 is 0 Å². The van der Waals surface area contributed by atoms with Gasteiger partial charge in [0.2, 0.25) is 5.78 Å². The molecule has 0 spiro atoms. The second-order valence-corrected chi connectivity index (χ2v) is 9.05. The van der Waals surface area contributed by atoms with Crippen LogP contribution in [-0.4, -0.2) is 40.4 Å². The number of carbonyl (C=O) groups excluding carboxylic acids is 2. The third-order valence-corrected chi connectivity index (χ3v) is 6.52. The van der Waals surface area contributed by atoms with Gasteiger partial charge in [0, 0.05) is 24.3 Å². The lowest BCUT2D eigenvalue weighted by Crippen LogP contribution is -2.30. The van der Waals surface area contributed by atoms with E-state index in [1.165, 1.54) is 12.0 Å². The highest BCUT2D eigenvalue weighted by Crippen LogP contribution is 2.41. The first-order chi connectivity index (χ1) is 18.5. The highest BCUT2D eigenvalue weighted by Gasteiger charge is 2.44. The molecule has 8 heteroatoms. The second kappa shape index (κ2) is 10.8. The van der Waals surface area contributed by atoms with Gasteiger partial charge in [0.1, 0.15) is 5.75 Å². The summed E-state index contributed by atoms with van der Waals surface area (Å²) in [4.78, 5) is 32.9. The summed E-state index contributed by atoms with van der Waals surface area (Å²) >= 11 is 0. The van der Waals surface area contributed by atoms with E-state index in [1.807, 2.05) is 24.3 Å². The highest BCUT2D eigenvalue weighted by molar-refractivity contribution is 6.16. The van der Waals surface area contributed by atoms with Crippen LogP contribution in [0.1, 0.15) is 47.5 Å². The fourth-order valence-electron chi connectivity index (χ4n) is 4.63.